The van der Waals surface area contributed by atoms with Crippen LogP contribution in [-0.2, 0) is 0 Å². The Morgan fingerprint density at radius 1 is 1.59 bits per heavy atom. The lowest BCUT2D eigenvalue weighted by Gasteiger charge is -2.34. The van der Waals surface area contributed by atoms with Gasteiger partial charge in [0.15, 0.2) is 0 Å². The van der Waals surface area contributed by atoms with Crippen LogP contribution >= 0.6 is 27.5 Å². The van der Waals surface area contributed by atoms with Gasteiger partial charge in [0.25, 0.3) is 5.91 Å². The minimum absolute atomic E-state index is 0.00491. The molecule has 17 heavy (non-hydrogen) atoms. The zero-order valence-electron chi connectivity index (χ0n) is 9.54. The topological polar surface area (TPSA) is 32.3 Å². The standard InChI is InChI=1S/C12H14BrClN2O/c1-8-7-15-5-6-16(8)12(17)9-3-2-4-10(13)11(9)14/h2-4,8,15H,5-7H2,1H3. The molecule has 5 heteroatoms. The van der Waals surface area contributed by atoms with E-state index in [9.17, 15) is 4.79 Å². The maximum atomic E-state index is 12.4. The Hall–Kier alpha value is -0.580. The molecule has 1 aromatic rings. The van der Waals surface area contributed by atoms with E-state index < -0.39 is 0 Å². The molecule has 1 saturated heterocycles. The van der Waals surface area contributed by atoms with Gasteiger partial charge in [-0.1, -0.05) is 17.7 Å². The Kier molecular flexibility index (Phi) is 4.07. The van der Waals surface area contributed by atoms with Crippen LogP contribution in [0.3, 0.4) is 0 Å². The maximum absolute atomic E-state index is 12.4. The molecule has 1 heterocycles. The monoisotopic (exact) mass is 316 g/mol. The van der Waals surface area contributed by atoms with Crippen molar-refractivity contribution in [3.63, 3.8) is 0 Å². The predicted molar refractivity (Wildman–Crippen MR) is 72.5 cm³/mol. The first-order valence-electron chi connectivity index (χ1n) is 5.57. The summed E-state index contributed by atoms with van der Waals surface area (Å²) in [7, 11) is 0. The van der Waals surface area contributed by atoms with Crippen molar-refractivity contribution in [3.05, 3.63) is 33.3 Å². The number of carbonyl (C=O) groups is 1. The number of benzene rings is 1. The Morgan fingerprint density at radius 2 is 2.35 bits per heavy atom. The summed E-state index contributed by atoms with van der Waals surface area (Å²) in [4.78, 5) is 14.2. The predicted octanol–water partition coefficient (Wildman–Crippen LogP) is 2.54. The highest BCUT2D eigenvalue weighted by Gasteiger charge is 2.25. The molecule has 1 amide bonds. The van der Waals surface area contributed by atoms with E-state index in [4.69, 9.17) is 11.6 Å². The van der Waals surface area contributed by atoms with Crippen molar-refractivity contribution in [3.8, 4) is 0 Å². The molecule has 2 rings (SSSR count). The first-order chi connectivity index (χ1) is 8.11. The molecule has 0 aliphatic carbocycles. The van der Waals surface area contributed by atoms with Crippen molar-refractivity contribution in [1.82, 2.24) is 10.2 Å². The van der Waals surface area contributed by atoms with Crippen molar-refractivity contribution in [1.29, 1.82) is 0 Å². The SMILES string of the molecule is CC1CNCCN1C(=O)c1cccc(Br)c1Cl. The first-order valence-corrected chi connectivity index (χ1v) is 6.74. The average Bonchev–Trinajstić information content (AvgIpc) is 2.32. The van der Waals surface area contributed by atoms with Gasteiger partial charge in [-0.3, -0.25) is 4.79 Å². The van der Waals surface area contributed by atoms with E-state index in [1.54, 1.807) is 6.07 Å². The molecular formula is C12H14BrClN2O. The number of nitrogens with one attached hydrogen (secondary N) is 1. The highest BCUT2D eigenvalue weighted by molar-refractivity contribution is 9.10. The highest BCUT2D eigenvalue weighted by Crippen LogP contribution is 2.27. The second kappa shape index (κ2) is 5.38. The lowest BCUT2D eigenvalue weighted by atomic mass is 10.1. The third-order valence-corrected chi connectivity index (χ3v) is 4.24. The normalized spacial score (nSPS) is 20.4. The van der Waals surface area contributed by atoms with Gasteiger partial charge < -0.3 is 10.2 Å². The zero-order chi connectivity index (χ0) is 12.4. The van der Waals surface area contributed by atoms with Crippen LogP contribution in [0.25, 0.3) is 0 Å². The Balaban J connectivity index is 2.27. The second-order valence-corrected chi connectivity index (χ2v) is 5.39. The molecule has 0 spiro atoms. The summed E-state index contributed by atoms with van der Waals surface area (Å²) in [5.74, 6) is 0.00491. The Bertz CT molecular complexity index is 439. The van der Waals surface area contributed by atoms with Crippen LogP contribution in [0, 0.1) is 0 Å². The van der Waals surface area contributed by atoms with Gasteiger partial charge in [0.05, 0.1) is 10.6 Å². The Labute approximate surface area is 114 Å². The fourth-order valence-corrected chi connectivity index (χ4v) is 2.54. The summed E-state index contributed by atoms with van der Waals surface area (Å²) < 4.78 is 0.757. The summed E-state index contributed by atoms with van der Waals surface area (Å²) in [6, 6.07) is 5.63. The maximum Gasteiger partial charge on any atom is 0.255 e. The van der Waals surface area contributed by atoms with E-state index in [-0.39, 0.29) is 11.9 Å². The van der Waals surface area contributed by atoms with Gasteiger partial charge in [0.1, 0.15) is 0 Å². The number of amides is 1. The number of carbonyl (C=O) groups excluding carboxylic acids is 1. The van der Waals surface area contributed by atoms with Crippen molar-refractivity contribution in [2.75, 3.05) is 19.6 Å². The molecule has 0 aromatic heterocycles. The van der Waals surface area contributed by atoms with Crippen molar-refractivity contribution in [2.24, 2.45) is 0 Å². The molecular weight excluding hydrogens is 304 g/mol. The summed E-state index contributed by atoms with van der Waals surface area (Å²) in [5.41, 5.74) is 0.565. The molecule has 1 N–H and O–H groups in total. The molecule has 1 aliphatic heterocycles. The number of nitrogens with zero attached hydrogens (tertiary/aromatic N) is 1. The van der Waals surface area contributed by atoms with Gasteiger partial charge in [-0.25, -0.2) is 0 Å². The van der Waals surface area contributed by atoms with E-state index in [0.717, 1.165) is 24.1 Å². The summed E-state index contributed by atoms with van der Waals surface area (Å²) >= 11 is 9.48. The zero-order valence-corrected chi connectivity index (χ0v) is 11.9. The number of halogens is 2. The van der Waals surface area contributed by atoms with Crippen LogP contribution in [0.1, 0.15) is 17.3 Å². The molecule has 1 unspecified atom stereocenters. The van der Waals surface area contributed by atoms with E-state index in [2.05, 4.69) is 21.2 Å². The minimum atomic E-state index is 0.00491. The van der Waals surface area contributed by atoms with Crippen molar-refractivity contribution < 1.29 is 4.79 Å². The second-order valence-electron chi connectivity index (χ2n) is 4.15. The van der Waals surface area contributed by atoms with Crippen LogP contribution in [0.5, 0.6) is 0 Å². The lowest BCUT2D eigenvalue weighted by Crippen LogP contribution is -2.52. The van der Waals surface area contributed by atoms with E-state index in [1.165, 1.54) is 0 Å². The first kappa shape index (κ1) is 12.9. The molecule has 1 aromatic carbocycles. The van der Waals surface area contributed by atoms with Crippen molar-refractivity contribution in [2.45, 2.75) is 13.0 Å². The molecule has 0 saturated carbocycles. The number of hydrogen-bond acceptors (Lipinski definition) is 2. The van der Waals surface area contributed by atoms with E-state index in [0.29, 0.717) is 10.6 Å². The summed E-state index contributed by atoms with van der Waals surface area (Å²) in [6.07, 6.45) is 0. The average molecular weight is 318 g/mol. The highest BCUT2D eigenvalue weighted by atomic mass is 79.9. The van der Waals surface area contributed by atoms with Gasteiger partial charge in [-0.05, 0) is 35.0 Å². The van der Waals surface area contributed by atoms with Crippen LogP contribution in [0.15, 0.2) is 22.7 Å². The van der Waals surface area contributed by atoms with Gasteiger partial charge in [0, 0.05) is 30.1 Å². The largest absolute Gasteiger partial charge is 0.333 e. The summed E-state index contributed by atoms with van der Waals surface area (Å²) in [5, 5.41) is 3.75. The minimum Gasteiger partial charge on any atom is -0.333 e. The molecule has 0 radical (unpaired) electrons. The van der Waals surface area contributed by atoms with Gasteiger partial charge >= 0.3 is 0 Å². The third kappa shape index (κ3) is 2.64. The molecule has 1 fully saturated rings. The van der Waals surface area contributed by atoms with Gasteiger partial charge in [-0.2, -0.15) is 0 Å². The van der Waals surface area contributed by atoms with Crippen LogP contribution in [0.4, 0.5) is 0 Å². The molecule has 3 nitrogen and oxygen atoms in total. The van der Waals surface area contributed by atoms with E-state index >= 15 is 0 Å². The van der Waals surface area contributed by atoms with E-state index in [1.807, 2.05) is 24.0 Å². The van der Waals surface area contributed by atoms with Crippen molar-refractivity contribution >= 4 is 33.4 Å². The summed E-state index contributed by atoms with van der Waals surface area (Å²) in [6.45, 7) is 4.43. The van der Waals surface area contributed by atoms with Crippen LogP contribution in [0.2, 0.25) is 5.02 Å². The smallest absolute Gasteiger partial charge is 0.255 e. The molecule has 1 aliphatic rings. The fraction of sp³-hybridized carbons (Fsp3) is 0.417. The third-order valence-electron chi connectivity index (χ3n) is 2.94. The lowest BCUT2D eigenvalue weighted by molar-refractivity contribution is 0.0656. The Morgan fingerprint density at radius 3 is 3.06 bits per heavy atom. The van der Waals surface area contributed by atoms with Crippen LogP contribution < -0.4 is 5.32 Å². The number of rotatable bonds is 1. The molecule has 1 atom stereocenters. The van der Waals surface area contributed by atoms with Crippen LogP contribution in [-0.4, -0.2) is 36.5 Å². The quantitative estimate of drug-likeness (QED) is 0.863. The fourth-order valence-electron chi connectivity index (χ4n) is 1.97. The number of piperazine rings is 1. The van der Waals surface area contributed by atoms with Gasteiger partial charge in [0.2, 0.25) is 0 Å². The molecule has 0 bridgehead atoms. The number of hydrogen-bond donors (Lipinski definition) is 1. The van der Waals surface area contributed by atoms with Gasteiger partial charge in [-0.15, -0.1) is 0 Å². The molecule has 92 valence electrons.